The van der Waals surface area contributed by atoms with E-state index in [1.165, 1.54) is 10.2 Å². The smallest absolute Gasteiger partial charge is 0.278 e. The van der Waals surface area contributed by atoms with Gasteiger partial charge in [-0.1, -0.05) is 13.8 Å². The summed E-state index contributed by atoms with van der Waals surface area (Å²) in [6, 6.07) is 5.31. The van der Waals surface area contributed by atoms with Gasteiger partial charge in [-0.2, -0.15) is 5.10 Å². The van der Waals surface area contributed by atoms with Gasteiger partial charge in [-0.15, -0.1) is 0 Å². The van der Waals surface area contributed by atoms with Gasteiger partial charge in [-0.05, 0) is 72.3 Å². The van der Waals surface area contributed by atoms with Crippen LogP contribution < -0.4 is 4.74 Å². The first kappa shape index (κ1) is 17.7. The lowest BCUT2D eigenvalue weighted by molar-refractivity contribution is 0.0942. The Kier molecular flexibility index (Phi) is 5.63. The predicted molar refractivity (Wildman–Crippen MR) is 95.3 cm³/mol. The SMILES string of the molecule is COc1ccc(C(=O)n2nc(C)c(CCC(C)C)c2C)cc1Br. The zero-order chi connectivity index (χ0) is 17.1. The molecule has 0 bridgehead atoms. The third-order valence-corrected chi connectivity index (χ3v) is 4.62. The minimum Gasteiger partial charge on any atom is -0.496 e. The van der Waals surface area contributed by atoms with Crippen LogP contribution in [0.2, 0.25) is 0 Å². The Morgan fingerprint density at radius 3 is 2.61 bits per heavy atom. The number of nitrogens with zero attached hydrogens (tertiary/aromatic N) is 2. The molecule has 0 saturated carbocycles. The van der Waals surface area contributed by atoms with Crippen LogP contribution in [0.15, 0.2) is 22.7 Å². The molecule has 0 fully saturated rings. The van der Waals surface area contributed by atoms with E-state index in [0.717, 1.165) is 28.7 Å². The topological polar surface area (TPSA) is 44.1 Å². The zero-order valence-electron chi connectivity index (χ0n) is 14.3. The van der Waals surface area contributed by atoms with Crippen molar-refractivity contribution in [1.82, 2.24) is 9.78 Å². The van der Waals surface area contributed by atoms with Crippen LogP contribution in [-0.2, 0) is 6.42 Å². The fourth-order valence-electron chi connectivity index (χ4n) is 2.59. The van der Waals surface area contributed by atoms with Gasteiger partial charge in [0.15, 0.2) is 0 Å². The molecular weight excluding hydrogens is 356 g/mol. The Hall–Kier alpha value is -1.62. The van der Waals surface area contributed by atoms with Crippen LogP contribution in [0.5, 0.6) is 5.75 Å². The summed E-state index contributed by atoms with van der Waals surface area (Å²) in [4.78, 5) is 12.8. The first-order valence-corrected chi connectivity index (χ1v) is 8.57. The second-order valence-corrected chi connectivity index (χ2v) is 7.00. The molecule has 23 heavy (non-hydrogen) atoms. The molecule has 0 aliphatic heterocycles. The molecule has 2 aromatic rings. The molecule has 0 unspecified atom stereocenters. The summed E-state index contributed by atoms with van der Waals surface area (Å²) in [6.07, 6.45) is 2.05. The molecule has 0 atom stereocenters. The van der Waals surface area contributed by atoms with Gasteiger partial charge in [-0.3, -0.25) is 4.79 Å². The standard InChI is InChI=1S/C18H23BrN2O2/c1-11(2)6-8-15-12(3)20-21(13(15)4)18(22)14-7-9-17(23-5)16(19)10-14/h7,9-11H,6,8H2,1-5H3. The minimum atomic E-state index is -0.121. The van der Waals surface area contributed by atoms with Crippen molar-refractivity contribution in [3.05, 3.63) is 45.2 Å². The molecule has 1 heterocycles. The molecule has 0 aliphatic carbocycles. The first-order valence-electron chi connectivity index (χ1n) is 7.78. The summed E-state index contributed by atoms with van der Waals surface area (Å²) in [5, 5.41) is 4.46. The molecule has 0 radical (unpaired) electrons. The zero-order valence-corrected chi connectivity index (χ0v) is 15.9. The van der Waals surface area contributed by atoms with E-state index in [2.05, 4.69) is 34.9 Å². The van der Waals surface area contributed by atoms with Crippen molar-refractivity contribution in [1.29, 1.82) is 0 Å². The first-order chi connectivity index (χ1) is 10.8. The molecule has 5 heteroatoms. The number of rotatable bonds is 5. The molecule has 1 aromatic carbocycles. The fraction of sp³-hybridized carbons (Fsp3) is 0.444. The highest BCUT2D eigenvalue weighted by Gasteiger charge is 2.18. The van der Waals surface area contributed by atoms with Crippen LogP contribution in [0.1, 0.15) is 47.6 Å². The number of carbonyl (C=O) groups excluding carboxylic acids is 1. The summed E-state index contributed by atoms with van der Waals surface area (Å²) < 4.78 is 7.48. The van der Waals surface area contributed by atoms with Gasteiger partial charge in [-0.25, -0.2) is 4.68 Å². The Bertz CT molecular complexity index is 720. The Morgan fingerprint density at radius 2 is 2.04 bits per heavy atom. The number of carbonyl (C=O) groups is 1. The van der Waals surface area contributed by atoms with E-state index in [0.29, 0.717) is 17.2 Å². The van der Waals surface area contributed by atoms with E-state index in [1.54, 1.807) is 25.3 Å². The lowest BCUT2D eigenvalue weighted by Gasteiger charge is -2.08. The van der Waals surface area contributed by atoms with Crippen molar-refractivity contribution in [3.8, 4) is 5.75 Å². The number of aryl methyl sites for hydroxylation is 1. The molecule has 1 aromatic heterocycles. The lowest BCUT2D eigenvalue weighted by atomic mass is 10.0. The average molecular weight is 379 g/mol. The van der Waals surface area contributed by atoms with E-state index in [-0.39, 0.29) is 5.91 Å². The van der Waals surface area contributed by atoms with E-state index in [9.17, 15) is 4.79 Å². The highest BCUT2D eigenvalue weighted by atomic mass is 79.9. The molecule has 0 N–H and O–H groups in total. The lowest BCUT2D eigenvalue weighted by Crippen LogP contribution is -2.15. The van der Waals surface area contributed by atoms with Crippen LogP contribution in [0.4, 0.5) is 0 Å². The second kappa shape index (κ2) is 7.30. The van der Waals surface area contributed by atoms with Gasteiger partial charge in [0.2, 0.25) is 0 Å². The van der Waals surface area contributed by atoms with E-state index < -0.39 is 0 Å². The highest BCUT2D eigenvalue weighted by Crippen LogP contribution is 2.26. The molecule has 0 spiro atoms. The number of methoxy groups -OCH3 is 1. The maximum absolute atomic E-state index is 12.8. The van der Waals surface area contributed by atoms with Crippen molar-refractivity contribution in [2.75, 3.05) is 7.11 Å². The van der Waals surface area contributed by atoms with Crippen molar-refractivity contribution < 1.29 is 9.53 Å². The maximum Gasteiger partial charge on any atom is 0.278 e. The van der Waals surface area contributed by atoms with Crippen molar-refractivity contribution in [2.24, 2.45) is 5.92 Å². The number of ether oxygens (including phenoxy) is 1. The van der Waals surface area contributed by atoms with Crippen molar-refractivity contribution in [2.45, 2.75) is 40.5 Å². The number of hydrogen-bond donors (Lipinski definition) is 0. The van der Waals surface area contributed by atoms with E-state index >= 15 is 0 Å². The van der Waals surface area contributed by atoms with Crippen LogP contribution in [0, 0.1) is 19.8 Å². The van der Waals surface area contributed by atoms with Crippen LogP contribution >= 0.6 is 15.9 Å². The molecule has 0 saturated heterocycles. The Balaban J connectivity index is 2.33. The third kappa shape index (κ3) is 3.83. The normalized spacial score (nSPS) is 11.1. The molecule has 2 rings (SSSR count). The summed E-state index contributed by atoms with van der Waals surface area (Å²) in [6.45, 7) is 8.34. The quantitative estimate of drug-likeness (QED) is 0.766. The van der Waals surface area contributed by atoms with Gasteiger partial charge in [0.1, 0.15) is 5.75 Å². The number of hydrogen-bond acceptors (Lipinski definition) is 3. The largest absolute Gasteiger partial charge is 0.496 e. The Morgan fingerprint density at radius 1 is 1.35 bits per heavy atom. The van der Waals surface area contributed by atoms with Crippen LogP contribution in [0.25, 0.3) is 0 Å². The van der Waals surface area contributed by atoms with Crippen LogP contribution in [-0.4, -0.2) is 22.8 Å². The summed E-state index contributed by atoms with van der Waals surface area (Å²) >= 11 is 3.42. The fourth-order valence-corrected chi connectivity index (χ4v) is 3.13. The molecule has 124 valence electrons. The molecule has 4 nitrogen and oxygen atoms in total. The van der Waals surface area contributed by atoms with Gasteiger partial charge in [0.05, 0.1) is 17.3 Å². The highest BCUT2D eigenvalue weighted by molar-refractivity contribution is 9.10. The van der Waals surface area contributed by atoms with Gasteiger partial charge in [0, 0.05) is 11.3 Å². The van der Waals surface area contributed by atoms with E-state index in [1.807, 2.05) is 13.8 Å². The van der Waals surface area contributed by atoms with Gasteiger partial charge < -0.3 is 4.74 Å². The number of aromatic nitrogens is 2. The Labute approximate surface area is 146 Å². The number of halogens is 1. The molecular formula is C18H23BrN2O2. The monoisotopic (exact) mass is 378 g/mol. The average Bonchev–Trinajstić information content (AvgIpc) is 2.79. The summed E-state index contributed by atoms with van der Waals surface area (Å²) in [5.74, 6) is 1.21. The van der Waals surface area contributed by atoms with Crippen molar-refractivity contribution in [3.63, 3.8) is 0 Å². The molecule has 0 amide bonds. The van der Waals surface area contributed by atoms with Gasteiger partial charge >= 0.3 is 0 Å². The number of benzene rings is 1. The summed E-state index contributed by atoms with van der Waals surface area (Å²) in [5.41, 5.74) is 3.63. The predicted octanol–water partition coefficient (Wildman–Crippen LogP) is 4.55. The van der Waals surface area contributed by atoms with E-state index in [4.69, 9.17) is 4.74 Å². The van der Waals surface area contributed by atoms with Crippen molar-refractivity contribution >= 4 is 21.8 Å². The second-order valence-electron chi connectivity index (χ2n) is 6.15. The summed E-state index contributed by atoms with van der Waals surface area (Å²) in [7, 11) is 1.60. The third-order valence-electron chi connectivity index (χ3n) is 4.00. The maximum atomic E-state index is 12.8. The van der Waals surface area contributed by atoms with Gasteiger partial charge in [0.25, 0.3) is 5.91 Å². The minimum absolute atomic E-state index is 0.121. The molecule has 0 aliphatic rings. The van der Waals surface area contributed by atoms with Crippen LogP contribution in [0.3, 0.4) is 0 Å².